The molecule has 0 unspecified atom stereocenters. The molecule has 1 amide bonds. The van der Waals surface area contributed by atoms with Crippen LogP contribution < -0.4 is 5.32 Å². The smallest absolute Gasteiger partial charge is 0.352 e. The number of rotatable bonds is 5. The molecule has 0 atom stereocenters. The molecule has 1 aromatic carbocycles. The maximum absolute atomic E-state index is 13.1. The van der Waals surface area contributed by atoms with Crippen LogP contribution in [0.5, 0.6) is 0 Å². The fraction of sp³-hybridized carbons (Fsp3) is 0.368. The summed E-state index contributed by atoms with van der Waals surface area (Å²) in [5, 5.41) is 2.23. The van der Waals surface area contributed by atoms with Crippen LogP contribution in [0.15, 0.2) is 47.6 Å². The number of amides is 1. The lowest BCUT2D eigenvalue weighted by molar-refractivity contribution is -0.137. The van der Waals surface area contributed by atoms with Gasteiger partial charge in [0.2, 0.25) is 15.9 Å². The predicted molar refractivity (Wildman–Crippen MR) is 104 cm³/mol. The SMILES string of the molecule is O=C(NCc1cccnc1)C1CCN(S(=O)(=O)c2ccc(Cl)c(C(F)(F)F)c2)CC1. The number of sulfonamides is 1. The molecule has 0 spiro atoms. The standard InChI is InChI=1S/C19H19ClF3N3O3S/c20-17-4-3-15(10-16(17)19(21,22)23)30(28,29)26-8-5-14(6-9-26)18(27)25-12-13-2-1-7-24-11-13/h1-4,7,10-11,14H,5-6,8-9,12H2,(H,25,27). The highest BCUT2D eigenvalue weighted by Gasteiger charge is 2.37. The number of nitrogens with one attached hydrogen (secondary N) is 1. The van der Waals surface area contributed by atoms with E-state index in [-0.39, 0.29) is 37.8 Å². The molecule has 6 nitrogen and oxygen atoms in total. The lowest BCUT2D eigenvalue weighted by Crippen LogP contribution is -2.42. The first-order valence-corrected chi connectivity index (χ1v) is 10.9. The number of aromatic nitrogens is 1. The number of carbonyl (C=O) groups is 1. The minimum absolute atomic E-state index is 0.0390. The average molecular weight is 462 g/mol. The summed E-state index contributed by atoms with van der Waals surface area (Å²) in [6.07, 6.45) is -0.950. The summed E-state index contributed by atoms with van der Waals surface area (Å²) < 4.78 is 65.8. The summed E-state index contributed by atoms with van der Waals surface area (Å²) in [4.78, 5) is 15.8. The number of hydrogen-bond donors (Lipinski definition) is 1. The van der Waals surface area contributed by atoms with Crippen molar-refractivity contribution >= 4 is 27.5 Å². The molecule has 1 aliphatic heterocycles. The van der Waals surface area contributed by atoms with Gasteiger partial charge in [0, 0.05) is 37.9 Å². The molecule has 1 saturated heterocycles. The van der Waals surface area contributed by atoms with Crippen LogP contribution in [-0.4, -0.2) is 36.7 Å². The van der Waals surface area contributed by atoms with Crippen molar-refractivity contribution in [1.29, 1.82) is 0 Å². The largest absolute Gasteiger partial charge is 0.417 e. The summed E-state index contributed by atoms with van der Waals surface area (Å²) in [6.45, 7) is 0.394. The minimum atomic E-state index is -4.76. The van der Waals surface area contributed by atoms with Crippen molar-refractivity contribution in [3.05, 3.63) is 58.9 Å². The van der Waals surface area contributed by atoms with Crippen molar-refractivity contribution in [3.8, 4) is 0 Å². The van der Waals surface area contributed by atoms with Crippen molar-refractivity contribution in [2.75, 3.05) is 13.1 Å². The Kier molecular flexibility index (Phi) is 6.68. The Hall–Kier alpha value is -2.17. The summed E-state index contributed by atoms with van der Waals surface area (Å²) in [7, 11) is -4.13. The molecule has 2 heterocycles. The number of benzene rings is 1. The van der Waals surface area contributed by atoms with Gasteiger partial charge in [0.05, 0.1) is 15.5 Å². The van der Waals surface area contributed by atoms with E-state index in [1.54, 1.807) is 18.5 Å². The summed E-state index contributed by atoms with van der Waals surface area (Å²) in [5.74, 6) is -0.564. The van der Waals surface area contributed by atoms with E-state index in [9.17, 15) is 26.4 Å². The van der Waals surface area contributed by atoms with Gasteiger partial charge in [-0.2, -0.15) is 17.5 Å². The van der Waals surface area contributed by atoms with Gasteiger partial charge in [0.1, 0.15) is 0 Å². The molecule has 1 aromatic heterocycles. The van der Waals surface area contributed by atoms with Crippen LogP contribution in [0.2, 0.25) is 5.02 Å². The number of piperidine rings is 1. The second-order valence-electron chi connectivity index (χ2n) is 6.90. The molecule has 1 aliphatic rings. The van der Waals surface area contributed by atoms with Crippen molar-refractivity contribution in [3.63, 3.8) is 0 Å². The molecule has 30 heavy (non-hydrogen) atoms. The Morgan fingerprint density at radius 3 is 2.53 bits per heavy atom. The van der Waals surface area contributed by atoms with E-state index in [2.05, 4.69) is 10.3 Å². The molecule has 11 heteroatoms. The van der Waals surface area contributed by atoms with Crippen molar-refractivity contribution < 1.29 is 26.4 Å². The highest BCUT2D eigenvalue weighted by Crippen LogP contribution is 2.36. The number of hydrogen-bond acceptors (Lipinski definition) is 4. The van der Waals surface area contributed by atoms with Crippen LogP contribution >= 0.6 is 11.6 Å². The van der Waals surface area contributed by atoms with Crippen LogP contribution in [0.1, 0.15) is 24.0 Å². The first-order chi connectivity index (χ1) is 14.1. The van der Waals surface area contributed by atoms with E-state index in [4.69, 9.17) is 11.6 Å². The van der Waals surface area contributed by atoms with Gasteiger partial charge >= 0.3 is 6.18 Å². The van der Waals surface area contributed by atoms with E-state index in [1.165, 1.54) is 0 Å². The molecule has 3 rings (SSSR count). The van der Waals surface area contributed by atoms with Gasteiger partial charge in [-0.25, -0.2) is 8.42 Å². The van der Waals surface area contributed by atoms with Gasteiger partial charge in [-0.1, -0.05) is 17.7 Å². The van der Waals surface area contributed by atoms with Gasteiger partial charge in [0.25, 0.3) is 0 Å². The molecule has 0 radical (unpaired) electrons. The number of alkyl halides is 3. The van der Waals surface area contributed by atoms with Crippen LogP contribution in [0.3, 0.4) is 0 Å². The third-order valence-electron chi connectivity index (χ3n) is 4.90. The van der Waals surface area contributed by atoms with E-state index in [0.717, 1.165) is 22.0 Å². The van der Waals surface area contributed by atoms with E-state index >= 15 is 0 Å². The first-order valence-electron chi connectivity index (χ1n) is 9.12. The molecular formula is C19H19ClF3N3O3S. The lowest BCUT2D eigenvalue weighted by Gasteiger charge is -2.30. The Bertz CT molecular complexity index is 1010. The fourth-order valence-electron chi connectivity index (χ4n) is 3.23. The first kappa shape index (κ1) is 22.5. The number of halogens is 4. The van der Waals surface area contributed by atoms with E-state index in [1.807, 2.05) is 6.07 Å². The highest BCUT2D eigenvalue weighted by atomic mass is 35.5. The van der Waals surface area contributed by atoms with Gasteiger partial charge in [-0.3, -0.25) is 9.78 Å². The Balaban J connectivity index is 1.63. The van der Waals surface area contributed by atoms with Gasteiger partial charge < -0.3 is 5.32 Å². The summed E-state index contributed by atoms with van der Waals surface area (Å²) >= 11 is 5.57. The monoisotopic (exact) mass is 461 g/mol. The molecule has 0 bridgehead atoms. The molecule has 1 N–H and O–H groups in total. The normalized spacial score (nSPS) is 16.4. The van der Waals surface area contributed by atoms with Crippen LogP contribution in [0, 0.1) is 5.92 Å². The maximum atomic E-state index is 13.1. The second-order valence-corrected chi connectivity index (χ2v) is 9.24. The molecule has 162 valence electrons. The third kappa shape index (κ3) is 5.11. The fourth-order valence-corrected chi connectivity index (χ4v) is 4.95. The minimum Gasteiger partial charge on any atom is -0.352 e. The predicted octanol–water partition coefficient (Wildman–Crippen LogP) is 3.47. The van der Waals surface area contributed by atoms with Gasteiger partial charge in [-0.05, 0) is 42.7 Å². The van der Waals surface area contributed by atoms with Crippen molar-refractivity contribution in [2.45, 2.75) is 30.5 Å². The zero-order valence-electron chi connectivity index (χ0n) is 15.7. The average Bonchev–Trinajstić information content (AvgIpc) is 2.72. The topological polar surface area (TPSA) is 79.4 Å². The molecule has 1 fully saturated rings. The van der Waals surface area contributed by atoms with Gasteiger partial charge in [0.15, 0.2) is 0 Å². The summed E-state index contributed by atoms with van der Waals surface area (Å²) in [6, 6.07) is 6.11. The Morgan fingerprint density at radius 2 is 1.93 bits per heavy atom. The Morgan fingerprint density at radius 1 is 1.23 bits per heavy atom. The van der Waals surface area contributed by atoms with Crippen LogP contribution in [0.4, 0.5) is 13.2 Å². The maximum Gasteiger partial charge on any atom is 0.417 e. The zero-order valence-corrected chi connectivity index (χ0v) is 17.3. The number of carbonyl (C=O) groups excluding carboxylic acids is 1. The highest BCUT2D eigenvalue weighted by molar-refractivity contribution is 7.89. The van der Waals surface area contributed by atoms with Crippen LogP contribution in [0.25, 0.3) is 0 Å². The lowest BCUT2D eigenvalue weighted by atomic mass is 9.97. The molecule has 0 saturated carbocycles. The summed E-state index contributed by atoms with van der Waals surface area (Å²) in [5.41, 5.74) is -0.357. The number of pyridine rings is 1. The van der Waals surface area contributed by atoms with Crippen LogP contribution in [-0.2, 0) is 27.5 Å². The molecular weight excluding hydrogens is 443 g/mol. The van der Waals surface area contributed by atoms with Crippen molar-refractivity contribution in [2.24, 2.45) is 5.92 Å². The third-order valence-corrected chi connectivity index (χ3v) is 7.12. The molecule has 0 aliphatic carbocycles. The zero-order chi connectivity index (χ0) is 21.9. The van der Waals surface area contributed by atoms with E-state index in [0.29, 0.717) is 12.6 Å². The number of nitrogens with zero attached hydrogens (tertiary/aromatic N) is 2. The second kappa shape index (κ2) is 8.91. The molecule has 2 aromatic rings. The Labute approximate surface area is 177 Å². The quantitative estimate of drug-likeness (QED) is 0.739. The van der Waals surface area contributed by atoms with Crippen molar-refractivity contribution in [1.82, 2.24) is 14.6 Å². The van der Waals surface area contributed by atoms with E-state index < -0.39 is 31.7 Å². The van der Waals surface area contributed by atoms with Gasteiger partial charge in [-0.15, -0.1) is 0 Å².